The van der Waals surface area contributed by atoms with Gasteiger partial charge in [0, 0.05) is 65.4 Å². The predicted molar refractivity (Wildman–Crippen MR) is 115 cm³/mol. The van der Waals surface area contributed by atoms with E-state index in [1.807, 2.05) is 0 Å². The SMILES string of the molecule is c1cc2cc(c1)CNCCN1CCOCCOCCN(CCNC2)CCOCC1. The van der Waals surface area contributed by atoms with Crippen LogP contribution in [0.2, 0.25) is 0 Å². The van der Waals surface area contributed by atoms with E-state index in [1.54, 1.807) is 0 Å². The predicted octanol–water partition coefficient (Wildman–Crippen LogP) is 0.547. The van der Waals surface area contributed by atoms with E-state index in [0.29, 0.717) is 13.2 Å². The lowest BCUT2D eigenvalue weighted by molar-refractivity contribution is 0.0324. The molecule has 2 N–H and O–H groups in total. The summed E-state index contributed by atoms with van der Waals surface area (Å²) in [7, 11) is 0. The molecule has 2 aliphatic heterocycles. The molecule has 7 nitrogen and oxygen atoms in total. The van der Waals surface area contributed by atoms with Gasteiger partial charge >= 0.3 is 0 Å². The Kier molecular flexibility index (Phi) is 10.9. The van der Waals surface area contributed by atoms with Gasteiger partial charge in [-0.2, -0.15) is 0 Å². The van der Waals surface area contributed by atoms with Crippen molar-refractivity contribution in [2.45, 2.75) is 13.1 Å². The third-order valence-corrected chi connectivity index (χ3v) is 5.44. The number of rotatable bonds is 0. The average Bonchev–Trinajstić information content (AvgIpc) is 2.74. The Morgan fingerprint density at radius 2 is 1.03 bits per heavy atom. The number of nitrogens with zero attached hydrogens (tertiary/aromatic N) is 2. The monoisotopic (exact) mass is 406 g/mol. The van der Waals surface area contributed by atoms with Gasteiger partial charge in [0.1, 0.15) is 0 Å². The van der Waals surface area contributed by atoms with Crippen molar-refractivity contribution in [3.05, 3.63) is 35.4 Å². The average molecular weight is 407 g/mol. The minimum atomic E-state index is 0.666. The summed E-state index contributed by atoms with van der Waals surface area (Å²) in [5.74, 6) is 0. The third-order valence-electron chi connectivity index (χ3n) is 5.44. The Morgan fingerprint density at radius 1 is 0.586 bits per heavy atom. The van der Waals surface area contributed by atoms with Crippen LogP contribution in [0.1, 0.15) is 11.1 Å². The molecule has 1 saturated heterocycles. The van der Waals surface area contributed by atoms with E-state index in [-0.39, 0.29) is 0 Å². The maximum absolute atomic E-state index is 5.94. The van der Waals surface area contributed by atoms with Gasteiger partial charge in [0.15, 0.2) is 0 Å². The molecule has 0 spiro atoms. The van der Waals surface area contributed by atoms with E-state index in [2.05, 4.69) is 44.7 Å². The molecule has 1 aromatic rings. The van der Waals surface area contributed by atoms with Crippen molar-refractivity contribution in [2.24, 2.45) is 0 Å². The van der Waals surface area contributed by atoms with Crippen LogP contribution < -0.4 is 10.6 Å². The van der Waals surface area contributed by atoms with Gasteiger partial charge in [-0.05, 0) is 11.1 Å². The van der Waals surface area contributed by atoms with Gasteiger partial charge in [0.2, 0.25) is 0 Å². The smallest absolute Gasteiger partial charge is 0.0701 e. The molecule has 0 radical (unpaired) electrons. The lowest BCUT2D eigenvalue weighted by Gasteiger charge is -2.24. The fourth-order valence-corrected chi connectivity index (χ4v) is 3.66. The molecular weight excluding hydrogens is 368 g/mol. The van der Waals surface area contributed by atoms with E-state index >= 15 is 0 Å². The van der Waals surface area contributed by atoms with Gasteiger partial charge in [-0.1, -0.05) is 24.3 Å². The summed E-state index contributed by atoms with van der Waals surface area (Å²) in [5.41, 5.74) is 2.68. The highest BCUT2D eigenvalue weighted by Crippen LogP contribution is 2.05. The van der Waals surface area contributed by atoms with Gasteiger partial charge in [-0.25, -0.2) is 0 Å². The lowest BCUT2D eigenvalue weighted by atomic mass is 10.1. The molecule has 2 atom stereocenters. The Bertz CT molecular complexity index is 517. The summed E-state index contributed by atoms with van der Waals surface area (Å²) in [6, 6.07) is 8.86. The standard InChI is InChI=1S/C22H38N4O3/c1-2-21-18-22(3-1)20-24-5-7-26-9-13-27-12-8-25(6-4-23-19-21)10-14-28-16-17-29-15-11-26/h1-3,18,23-24H,4-17,19-20H2. The van der Waals surface area contributed by atoms with Crippen LogP contribution in [0.5, 0.6) is 0 Å². The number of nitrogens with one attached hydrogen (secondary N) is 2. The van der Waals surface area contributed by atoms with Crippen molar-refractivity contribution >= 4 is 0 Å². The molecule has 164 valence electrons. The van der Waals surface area contributed by atoms with E-state index < -0.39 is 0 Å². The lowest BCUT2D eigenvalue weighted by Crippen LogP contribution is -2.38. The van der Waals surface area contributed by atoms with E-state index in [4.69, 9.17) is 14.2 Å². The van der Waals surface area contributed by atoms with Crippen LogP contribution in [0.25, 0.3) is 0 Å². The van der Waals surface area contributed by atoms with Gasteiger partial charge in [-0.3, -0.25) is 9.80 Å². The highest BCUT2D eigenvalue weighted by atomic mass is 16.5. The molecule has 2 unspecified atom stereocenters. The quantitative estimate of drug-likeness (QED) is 0.610. The number of ether oxygens (including phenoxy) is 3. The maximum Gasteiger partial charge on any atom is 0.0701 e. The molecule has 3 rings (SSSR count). The van der Waals surface area contributed by atoms with Gasteiger partial charge in [0.05, 0.1) is 39.6 Å². The summed E-state index contributed by atoms with van der Waals surface area (Å²) in [6.45, 7) is 13.8. The number of fused-ring (bicyclic) bond motifs is 8. The Labute approximate surface area is 175 Å². The second kappa shape index (κ2) is 14.0. The van der Waals surface area contributed by atoms with Gasteiger partial charge in [-0.15, -0.1) is 0 Å². The Morgan fingerprint density at radius 3 is 1.52 bits per heavy atom. The molecule has 1 fully saturated rings. The topological polar surface area (TPSA) is 58.2 Å². The van der Waals surface area contributed by atoms with Crippen molar-refractivity contribution in [3.63, 3.8) is 0 Å². The summed E-state index contributed by atoms with van der Waals surface area (Å²) < 4.78 is 17.5. The molecule has 29 heavy (non-hydrogen) atoms. The van der Waals surface area contributed by atoms with E-state index in [1.165, 1.54) is 11.1 Å². The van der Waals surface area contributed by atoms with Crippen molar-refractivity contribution in [2.75, 3.05) is 92.0 Å². The number of benzene rings is 1. The van der Waals surface area contributed by atoms with Crippen LogP contribution in [0, 0.1) is 0 Å². The highest BCUT2D eigenvalue weighted by molar-refractivity contribution is 5.23. The molecule has 1 aromatic carbocycles. The molecule has 7 heteroatoms. The Hall–Kier alpha value is -1.06. The van der Waals surface area contributed by atoms with E-state index in [0.717, 1.165) is 91.9 Å². The van der Waals surface area contributed by atoms with Crippen molar-refractivity contribution in [3.8, 4) is 0 Å². The normalized spacial score (nSPS) is 27.2. The Balaban J connectivity index is 1.62. The molecule has 0 aromatic heterocycles. The molecule has 4 bridgehead atoms. The zero-order valence-corrected chi connectivity index (χ0v) is 17.7. The first-order valence-corrected chi connectivity index (χ1v) is 11.1. The zero-order chi connectivity index (χ0) is 20.0. The summed E-state index contributed by atoms with van der Waals surface area (Å²) in [5, 5.41) is 7.17. The van der Waals surface area contributed by atoms with Crippen LogP contribution in [-0.4, -0.2) is 102 Å². The fourth-order valence-electron chi connectivity index (χ4n) is 3.66. The van der Waals surface area contributed by atoms with Crippen LogP contribution in [0.3, 0.4) is 0 Å². The summed E-state index contributed by atoms with van der Waals surface area (Å²) >= 11 is 0. The number of hydrogen-bond acceptors (Lipinski definition) is 7. The van der Waals surface area contributed by atoms with Crippen LogP contribution in [0.4, 0.5) is 0 Å². The van der Waals surface area contributed by atoms with Crippen molar-refractivity contribution < 1.29 is 14.2 Å². The fraction of sp³-hybridized carbons (Fsp3) is 0.727. The molecule has 0 saturated carbocycles. The minimum Gasteiger partial charge on any atom is -0.379 e. The first kappa shape index (κ1) is 22.6. The second-order valence-corrected chi connectivity index (χ2v) is 7.69. The molecular formula is C22H38N4O3. The highest BCUT2D eigenvalue weighted by Gasteiger charge is 2.09. The molecule has 2 heterocycles. The first-order valence-electron chi connectivity index (χ1n) is 11.1. The largest absolute Gasteiger partial charge is 0.379 e. The van der Waals surface area contributed by atoms with Gasteiger partial charge in [0.25, 0.3) is 0 Å². The van der Waals surface area contributed by atoms with Gasteiger partial charge < -0.3 is 24.8 Å². The second-order valence-electron chi connectivity index (χ2n) is 7.69. The van der Waals surface area contributed by atoms with Crippen LogP contribution in [0.15, 0.2) is 24.3 Å². The molecule has 2 aliphatic rings. The summed E-state index contributed by atoms with van der Waals surface area (Å²) in [4.78, 5) is 4.85. The summed E-state index contributed by atoms with van der Waals surface area (Å²) in [6.07, 6.45) is 0. The third kappa shape index (κ3) is 9.53. The maximum atomic E-state index is 5.94. The first-order chi connectivity index (χ1) is 14.4. The van der Waals surface area contributed by atoms with Crippen molar-refractivity contribution in [1.82, 2.24) is 20.4 Å². The zero-order valence-electron chi connectivity index (χ0n) is 17.7. The van der Waals surface area contributed by atoms with E-state index in [9.17, 15) is 0 Å². The van der Waals surface area contributed by atoms with Crippen LogP contribution in [-0.2, 0) is 27.3 Å². The van der Waals surface area contributed by atoms with Crippen molar-refractivity contribution in [1.29, 1.82) is 0 Å². The van der Waals surface area contributed by atoms with Crippen LogP contribution >= 0.6 is 0 Å². The minimum absolute atomic E-state index is 0.666. The number of hydrogen-bond donors (Lipinski definition) is 2. The molecule has 0 aliphatic carbocycles. The molecule has 0 amide bonds.